The summed E-state index contributed by atoms with van der Waals surface area (Å²) in [6, 6.07) is 20.2. The number of hydrogen-bond donors (Lipinski definition) is 1. The number of hydrogen-bond acceptors (Lipinski definition) is 7. The molecule has 8 nitrogen and oxygen atoms in total. The molecule has 5 aromatic rings. The Morgan fingerprint density at radius 2 is 1.71 bits per heavy atom. The van der Waals surface area contributed by atoms with Crippen molar-refractivity contribution in [2.75, 3.05) is 5.32 Å². The molecule has 2 aromatic carbocycles. The number of anilines is 1. The van der Waals surface area contributed by atoms with Crippen LogP contribution < -0.4 is 5.32 Å². The number of benzene rings is 2. The van der Waals surface area contributed by atoms with Crippen LogP contribution in [0.15, 0.2) is 73.2 Å². The summed E-state index contributed by atoms with van der Waals surface area (Å²) in [5.74, 6) is 0.129. The van der Waals surface area contributed by atoms with Crippen LogP contribution in [-0.2, 0) is 27.2 Å². The molecule has 2 fully saturated rings. The second kappa shape index (κ2) is 10.5. The van der Waals surface area contributed by atoms with Gasteiger partial charge in [0.1, 0.15) is 35.2 Å². The average Bonchev–Trinajstić information content (AvgIpc) is 3.62. The van der Waals surface area contributed by atoms with Gasteiger partial charge in [-0.25, -0.2) is 15.0 Å². The first-order valence-electron chi connectivity index (χ1n) is 13.7. The number of halogens is 2. The Morgan fingerprint density at radius 1 is 0.927 bits per heavy atom. The predicted octanol–water partition coefficient (Wildman–Crippen LogP) is 6.95. The maximum atomic E-state index is 6.60. The predicted molar refractivity (Wildman–Crippen MR) is 159 cm³/mol. The number of aromatic nitrogens is 4. The summed E-state index contributed by atoms with van der Waals surface area (Å²) < 4.78 is 21.3. The summed E-state index contributed by atoms with van der Waals surface area (Å²) in [5.41, 5.74) is 3.99. The van der Waals surface area contributed by atoms with E-state index in [4.69, 9.17) is 42.4 Å². The van der Waals surface area contributed by atoms with Crippen molar-refractivity contribution in [1.82, 2.24) is 19.5 Å². The summed E-state index contributed by atoms with van der Waals surface area (Å²) in [5, 5.41) is 6.43. The fourth-order valence-corrected chi connectivity index (χ4v) is 6.10. The average molecular weight is 591 g/mol. The zero-order chi connectivity index (χ0) is 28.1. The summed E-state index contributed by atoms with van der Waals surface area (Å²) in [7, 11) is 0. The molecule has 10 heteroatoms. The molecular formula is C31H29Cl2N5O3. The molecule has 0 spiro atoms. The minimum Gasteiger partial charge on any atom is -0.366 e. The standard InChI is InChI=1S/C31H29Cl2N5O3/c1-31(2)40-26-24(39-30(27(26)41-31)38-14-13-22-28(33)35-17-36-29(22)38)11-6-18-3-7-20-8-12-25(37-23(20)15-18)34-16-19-4-9-21(32)10-5-19/h3-5,7-10,12-15,17,24,26-27,30H,6,11,16H2,1-2H3,(H,34,37)/t24-,26-,27-,30-/m1/s1. The van der Waals surface area contributed by atoms with Crippen molar-refractivity contribution in [2.45, 2.75) is 63.6 Å². The van der Waals surface area contributed by atoms with Gasteiger partial charge in [0.25, 0.3) is 0 Å². The number of nitrogens with one attached hydrogen (secondary N) is 1. The maximum Gasteiger partial charge on any atom is 0.164 e. The molecule has 2 aliphatic heterocycles. The summed E-state index contributed by atoms with van der Waals surface area (Å²) in [4.78, 5) is 13.4. The molecular weight excluding hydrogens is 561 g/mol. The molecule has 2 saturated heterocycles. The van der Waals surface area contributed by atoms with Crippen molar-refractivity contribution >= 4 is 51.0 Å². The molecule has 0 saturated carbocycles. The van der Waals surface area contributed by atoms with E-state index in [1.807, 2.05) is 61.0 Å². The van der Waals surface area contributed by atoms with E-state index in [2.05, 4.69) is 39.6 Å². The molecule has 0 bridgehead atoms. The maximum absolute atomic E-state index is 6.60. The Kier molecular flexibility index (Phi) is 6.84. The van der Waals surface area contributed by atoms with Crippen LogP contribution in [0.1, 0.15) is 37.6 Å². The second-order valence-corrected chi connectivity index (χ2v) is 11.8. The summed E-state index contributed by atoms with van der Waals surface area (Å²) in [6.45, 7) is 4.56. The van der Waals surface area contributed by atoms with Crippen LogP contribution >= 0.6 is 23.2 Å². The number of pyridine rings is 1. The SMILES string of the molecule is CC1(C)O[C@@H]2[C@H](O1)[C@@H](CCc1ccc3ccc(NCc4ccc(Cl)cc4)nc3c1)O[C@H]2n1ccc2c(Cl)ncnc21. The fourth-order valence-electron chi connectivity index (χ4n) is 5.78. The van der Waals surface area contributed by atoms with Crippen molar-refractivity contribution in [1.29, 1.82) is 0 Å². The van der Waals surface area contributed by atoms with Crippen molar-refractivity contribution in [2.24, 2.45) is 0 Å². The molecule has 0 unspecified atom stereocenters. The van der Waals surface area contributed by atoms with Crippen molar-refractivity contribution in [3.05, 3.63) is 94.5 Å². The second-order valence-electron chi connectivity index (χ2n) is 11.0. The van der Waals surface area contributed by atoms with Crippen LogP contribution in [0.5, 0.6) is 0 Å². The molecule has 1 N–H and O–H groups in total. The lowest BCUT2D eigenvalue weighted by atomic mass is 10.0. The van der Waals surface area contributed by atoms with Gasteiger partial charge < -0.3 is 24.1 Å². The lowest BCUT2D eigenvalue weighted by Gasteiger charge is -2.25. The Hall–Kier alpha value is -3.27. The van der Waals surface area contributed by atoms with E-state index >= 15 is 0 Å². The molecule has 7 rings (SSSR count). The van der Waals surface area contributed by atoms with E-state index in [0.29, 0.717) is 17.3 Å². The van der Waals surface area contributed by atoms with Gasteiger partial charge in [-0.05, 0) is 74.2 Å². The van der Waals surface area contributed by atoms with Crippen LogP contribution in [0.25, 0.3) is 21.9 Å². The normalized spacial score (nSPS) is 23.3. The molecule has 210 valence electrons. The summed E-state index contributed by atoms with van der Waals surface area (Å²) >= 11 is 12.3. The minimum atomic E-state index is -0.701. The van der Waals surface area contributed by atoms with Gasteiger partial charge in [0, 0.05) is 23.2 Å². The smallest absolute Gasteiger partial charge is 0.164 e. The largest absolute Gasteiger partial charge is 0.366 e. The molecule has 4 atom stereocenters. The van der Waals surface area contributed by atoms with E-state index < -0.39 is 5.79 Å². The van der Waals surface area contributed by atoms with Gasteiger partial charge in [-0.1, -0.05) is 47.5 Å². The molecule has 0 radical (unpaired) electrons. The van der Waals surface area contributed by atoms with Crippen molar-refractivity contribution in [3.63, 3.8) is 0 Å². The third-order valence-electron chi connectivity index (χ3n) is 7.72. The molecule has 0 amide bonds. The van der Waals surface area contributed by atoms with Gasteiger partial charge in [0.05, 0.1) is 17.0 Å². The number of nitrogens with zero attached hydrogens (tertiary/aromatic N) is 4. The molecule has 3 aromatic heterocycles. The molecule has 0 aliphatic carbocycles. The lowest BCUT2D eigenvalue weighted by molar-refractivity contribution is -0.196. The van der Waals surface area contributed by atoms with Crippen LogP contribution in [0, 0.1) is 0 Å². The molecule has 2 aliphatic rings. The van der Waals surface area contributed by atoms with Gasteiger partial charge >= 0.3 is 0 Å². The number of aryl methyl sites for hydroxylation is 1. The minimum absolute atomic E-state index is 0.155. The summed E-state index contributed by atoms with van der Waals surface area (Å²) in [6.07, 6.45) is 3.96. The highest BCUT2D eigenvalue weighted by molar-refractivity contribution is 6.33. The van der Waals surface area contributed by atoms with Gasteiger partial charge in [0.2, 0.25) is 0 Å². The number of ether oxygens (including phenoxy) is 3. The molecule has 5 heterocycles. The first kappa shape index (κ1) is 26.6. The van der Waals surface area contributed by atoms with E-state index in [-0.39, 0.29) is 24.5 Å². The fraction of sp³-hybridized carbons (Fsp3) is 0.323. The quantitative estimate of drug-likeness (QED) is 0.206. The van der Waals surface area contributed by atoms with Crippen LogP contribution in [-0.4, -0.2) is 43.6 Å². The van der Waals surface area contributed by atoms with Crippen LogP contribution in [0.2, 0.25) is 10.2 Å². The van der Waals surface area contributed by atoms with E-state index in [9.17, 15) is 0 Å². The third-order valence-corrected chi connectivity index (χ3v) is 8.27. The van der Waals surface area contributed by atoms with Crippen molar-refractivity contribution in [3.8, 4) is 0 Å². The Bertz CT molecular complexity index is 1720. The van der Waals surface area contributed by atoms with Gasteiger partial charge in [0.15, 0.2) is 12.0 Å². The van der Waals surface area contributed by atoms with E-state index in [0.717, 1.165) is 45.5 Å². The first-order valence-corrected chi connectivity index (χ1v) is 14.4. The zero-order valence-electron chi connectivity index (χ0n) is 22.6. The highest BCUT2D eigenvalue weighted by Gasteiger charge is 2.55. The highest BCUT2D eigenvalue weighted by atomic mass is 35.5. The monoisotopic (exact) mass is 589 g/mol. The van der Waals surface area contributed by atoms with E-state index in [1.54, 1.807) is 0 Å². The van der Waals surface area contributed by atoms with Gasteiger partial charge in [-0.2, -0.15) is 0 Å². The van der Waals surface area contributed by atoms with Crippen LogP contribution in [0.4, 0.5) is 5.82 Å². The first-order chi connectivity index (χ1) is 19.8. The zero-order valence-corrected chi connectivity index (χ0v) is 24.1. The Labute approximate surface area is 247 Å². The van der Waals surface area contributed by atoms with Gasteiger partial charge in [-0.15, -0.1) is 0 Å². The van der Waals surface area contributed by atoms with Gasteiger partial charge in [-0.3, -0.25) is 0 Å². The third kappa shape index (κ3) is 5.27. The van der Waals surface area contributed by atoms with E-state index in [1.165, 1.54) is 11.9 Å². The number of rotatable bonds is 7. The Morgan fingerprint density at radius 3 is 2.56 bits per heavy atom. The number of fused-ring (bicyclic) bond motifs is 3. The molecule has 41 heavy (non-hydrogen) atoms. The lowest BCUT2D eigenvalue weighted by Crippen LogP contribution is -2.29. The topological polar surface area (TPSA) is 83.3 Å². The van der Waals surface area contributed by atoms with Crippen LogP contribution in [0.3, 0.4) is 0 Å². The van der Waals surface area contributed by atoms with Crippen molar-refractivity contribution < 1.29 is 14.2 Å². The Balaban J connectivity index is 1.08. The highest BCUT2D eigenvalue weighted by Crippen LogP contribution is 2.45.